The van der Waals surface area contributed by atoms with Crippen LogP contribution < -0.4 is 5.32 Å². The molecule has 3 heteroatoms. The summed E-state index contributed by atoms with van der Waals surface area (Å²) < 4.78 is 0. The van der Waals surface area contributed by atoms with E-state index in [0.29, 0.717) is 11.8 Å². The van der Waals surface area contributed by atoms with Gasteiger partial charge < -0.3 is 5.32 Å². The van der Waals surface area contributed by atoms with Crippen molar-refractivity contribution in [1.29, 1.82) is 0 Å². The summed E-state index contributed by atoms with van der Waals surface area (Å²) in [6.45, 7) is 7.69. The molecule has 1 nitrogen and oxygen atoms in total. The Kier molecular flexibility index (Phi) is 4.81. The molecular weight excluding hydrogens is 277 g/mol. The minimum atomic E-state index is 0.172. The quantitative estimate of drug-likeness (QED) is 0.802. The van der Waals surface area contributed by atoms with Gasteiger partial charge in [-0.15, -0.1) is 0 Å². The van der Waals surface area contributed by atoms with Crippen molar-refractivity contribution in [3.05, 3.63) is 33.8 Å². The minimum absolute atomic E-state index is 0.172. The highest BCUT2D eigenvalue weighted by Gasteiger charge is 2.30. The maximum Gasteiger partial charge on any atom is 0.0441 e. The molecule has 2 atom stereocenters. The first-order chi connectivity index (χ1) is 8.87. The molecule has 1 aliphatic carbocycles. The fraction of sp³-hybridized carbons (Fsp3) is 0.625. The van der Waals surface area contributed by atoms with E-state index in [1.54, 1.807) is 0 Å². The largest absolute Gasteiger partial charge is 0.312 e. The molecule has 1 N–H and O–H groups in total. The van der Waals surface area contributed by atoms with Gasteiger partial charge in [0.05, 0.1) is 0 Å². The molecule has 2 rings (SSSR count). The van der Waals surface area contributed by atoms with Gasteiger partial charge in [0, 0.05) is 15.6 Å². The maximum absolute atomic E-state index is 6.35. The number of nitrogens with one attached hydrogen (secondary N) is 1. The van der Waals surface area contributed by atoms with E-state index in [-0.39, 0.29) is 5.54 Å². The van der Waals surface area contributed by atoms with E-state index < -0.39 is 0 Å². The summed E-state index contributed by atoms with van der Waals surface area (Å²) in [5.74, 6) is 1.20. The number of halogens is 2. The topological polar surface area (TPSA) is 12.0 Å². The second kappa shape index (κ2) is 6.03. The summed E-state index contributed by atoms with van der Waals surface area (Å²) in [6.07, 6.45) is 3.77. The molecule has 0 heterocycles. The number of hydrogen-bond donors (Lipinski definition) is 1. The first-order valence-electron chi connectivity index (χ1n) is 7.07. The van der Waals surface area contributed by atoms with E-state index in [2.05, 4.69) is 26.1 Å². The number of benzene rings is 1. The van der Waals surface area contributed by atoms with Crippen molar-refractivity contribution in [2.75, 3.05) is 6.54 Å². The van der Waals surface area contributed by atoms with Crippen molar-refractivity contribution in [2.45, 2.75) is 51.5 Å². The summed E-state index contributed by atoms with van der Waals surface area (Å²) in [6, 6.07) is 5.83. The smallest absolute Gasteiger partial charge is 0.0441 e. The second-order valence-electron chi connectivity index (χ2n) is 6.59. The molecule has 0 aliphatic heterocycles. The Morgan fingerprint density at radius 3 is 2.63 bits per heavy atom. The van der Waals surface area contributed by atoms with Crippen molar-refractivity contribution in [2.24, 2.45) is 5.92 Å². The average molecular weight is 300 g/mol. The van der Waals surface area contributed by atoms with Crippen LogP contribution in [0.1, 0.15) is 51.5 Å². The van der Waals surface area contributed by atoms with Crippen molar-refractivity contribution < 1.29 is 0 Å². The first-order valence-corrected chi connectivity index (χ1v) is 7.82. The van der Waals surface area contributed by atoms with E-state index in [9.17, 15) is 0 Å². The predicted molar refractivity (Wildman–Crippen MR) is 84.3 cm³/mol. The number of rotatable bonds is 3. The molecule has 1 aromatic rings. The molecule has 0 bridgehead atoms. The summed E-state index contributed by atoms with van der Waals surface area (Å²) in [7, 11) is 0. The Bertz CT molecular complexity index is 437. The SMILES string of the molecule is CC(C)(C)NCC1CCCC1c1cc(Cl)ccc1Cl. The predicted octanol–water partition coefficient (Wildman–Crippen LogP) is 5.27. The Balaban J connectivity index is 2.12. The molecule has 1 fully saturated rings. The molecule has 1 aliphatic rings. The molecule has 0 saturated heterocycles. The molecule has 0 aromatic heterocycles. The van der Waals surface area contributed by atoms with Crippen LogP contribution in [-0.4, -0.2) is 12.1 Å². The van der Waals surface area contributed by atoms with E-state index >= 15 is 0 Å². The van der Waals surface area contributed by atoms with Crippen LogP contribution in [0.5, 0.6) is 0 Å². The fourth-order valence-corrected chi connectivity index (χ4v) is 3.36. The highest BCUT2D eigenvalue weighted by atomic mass is 35.5. The molecule has 1 saturated carbocycles. The van der Waals surface area contributed by atoms with E-state index in [1.165, 1.54) is 24.8 Å². The van der Waals surface area contributed by atoms with Gasteiger partial charge in [-0.2, -0.15) is 0 Å². The van der Waals surface area contributed by atoms with Crippen molar-refractivity contribution in [3.8, 4) is 0 Å². The normalized spacial score (nSPS) is 23.8. The average Bonchev–Trinajstić information content (AvgIpc) is 2.77. The van der Waals surface area contributed by atoms with Gasteiger partial charge in [-0.25, -0.2) is 0 Å². The Labute approximate surface area is 126 Å². The lowest BCUT2D eigenvalue weighted by atomic mass is 9.88. The van der Waals surface area contributed by atoms with Gasteiger partial charge in [0.25, 0.3) is 0 Å². The van der Waals surface area contributed by atoms with Crippen LogP contribution in [0, 0.1) is 5.92 Å². The molecule has 2 unspecified atom stereocenters. The molecule has 0 radical (unpaired) electrons. The standard InChI is InChI=1S/C16H23Cl2N/c1-16(2,3)19-10-11-5-4-6-13(11)14-9-12(17)7-8-15(14)18/h7-9,11,13,19H,4-6,10H2,1-3H3. The van der Waals surface area contributed by atoms with Crippen LogP contribution in [0.3, 0.4) is 0 Å². The highest BCUT2D eigenvalue weighted by Crippen LogP contribution is 2.42. The molecule has 0 amide bonds. The van der Waals surface area contributed by atoms with E-state index in [0.717, 1.165) is 16.6 Å². The van der Waals surface area contributed by atoms with Gasteiger partial charge >= 0.3 is 0 Å². The summed E-state index contributed by atoms with van der Waals surface area (Å²) in [5.41, 5.74) is 1.40. The zero-order valence-electron chi connectivity index (χ0n) is 12.0. The third-order valence-corrected chi connectivity index (χ3v) is 4.49. The highest BCUT2D eigenvalue weighted by molar-refractivity contribution is 6.33. The zero-order chi connectivity index (χ0) is 14.0. The third kappa shape index (κ3) is 4.11. The van der Waals surface area contributed by atoms with E-state index in [4.69, 9.17) is 23.2 Å². The second-order valence-corrected chi connectivity index (χ2v) is 7.44. The minimum Gasteiger partial charge on any atom is -0.312 e. The molecule has 19 heavy (non-hydrogen) atoms. The third-order valence-electron chi connectivity index (χ3n) is 3.91. The maximum atomic E-state index is 6.35. The van der Waals surface area contributed by atoms with Crippen LogP contribution in [0.25, 0.3) is 0 Å². The fourth-order valence-electron chi connectivity index (χ4n) is 2.93. The zero-order valence-corrected chi connectivity index (χ0v) is 13.5. The summed E-state index contributed by atoms with van der Waals surface area (Å²) >= 11 is 12.5. The van der Waals surface area contributed by atoms with Crippen molar-refractivity contribution >= 4 is 23.2 Å². The van der Waals surface area contributed by atoms with Gasteiger partial charge in [0.15, 0.2) is 0 Å². The van der Waals surface area contributed by atoms with Crippen LogP contribution in [0.4, 0.5) is 0 Å². The van der Waals surface area contributed by atoms with Crippen LogP contribution >= 0.6 is 23.2 Å². The van der Waals surface area contributed by atoms with Crippen molar-refractivity contribution in [3.63, 3.8) is 0 Å². The Hall–Kier alpha value is -0.240. The summed E-state index contributed by atoms with van der Waals surface area (Å²) in [5, 5.41) is 5.27. The molecule has 0 spiro atoms. The Morgan fingerprint density at radius 2 is 1.95 bits per heavy atom. The van der Waals surface area contributed by atoms with Crippen LogP contribution in [-0.2, 0) is 0 Å². The Morgan fingerprint density at radius 1 is 1.21 bits per heavy atom. The van der Waals surface area contributed by atoms with Crippen LogP contribution in [0.15, 0.2) is 18.2 Å². The van der Waals surface area contributed by atoms with Crippen molar-refractivity contribution in [1.82, 2.24) is 5.32 Å². The molecule has 106 valence electrons. The summed E-state index contributed by atoms with van der Waals surface area (Å²) in [4.78, 5) is 0. The van der Waals surface area contributed by atoms with Gasteiger partial charge in [-0.3, -0.25) is 0 Å². The van der Waals surface area contributed by atoms with Gasteiger partial charge in [-0.1, -0.05) is 29.6 Å². The monoisotopic (exact) mass is 299 g/mol. The number of hydrogen-bond acceptors (Lipinski definition) is 1. The van der Waals surface area contributed by atoms with Crippen LogP contribution in [0.2, 0.25) is 10.0 Å². The van der Waals surface area contributed by atoms with E-state index in [1.807, 2.05) is 18.2 Å². The lowest BCUT2D eigenvalue weighted by Gasteiger charge is -2.27. The lowest BCUT2D eigenvalue weighted by molar-refractivity contribution is 0.356. The van der Waals surface area contributed by atoms with Gasteiger partial charge in [-0.05, 0) is 75.8 Å². The first kappa shape index (κ1) is 15.2. The molecular formula is C16H23Cl2N. The van der Waals surface area contributed by atoms with Gasteiger partial charge in [0.2, 0.25) is 0 Å². The van der Waals surface area contributed by atoms with Gasteiger partial charge in [0.1, 0.15) is 0 Å². The molecule has 1 aromatic carbocycles. The lowest BCUT2D eigenvalue weighted by Crippen LogP contribution is -2.39.